The standard InChI is InChI=1S/C15H19NO2/c1-15(2,3)13(17)9-14-16-12(10-18-14)11-7-5-4-6-8-11/h4-9,12,16H,10H2,1-3H3/b14-9+/t12-/m1/s1. The first-order valence-corrected chi connectivity index (χ1v) is 6.17. The number of carbonyl (C=O) groups excluding carboxylic acids is 1. The van der Waals surface area contributed by atoms with E-state index in [0.717, 1.165) is 0 Å². The van der Waals surface area contributed by atoms with Crippen LogP contribution in [-0.4, -0.2) is 12.4 Å². The first-order valence-electron chi connectivity index (χ1n) is 6.17. The number of allylic oxidation sites excluding steroid dienone is 1. The van der Waals surface area contributed by atoms with Crippen molar-refractivity contribution in [2.24, 2.45) is 5.41 Å². The van der Waals surface area contributed by atoms with Gasteiger partial charge in [0.15, 0.2) is 11.7 Å². The number of hydrogen-bond donors (Lipinski definition) is 1. The molecule has 1 heterocycles. The second kappa shape index (κ2) is 4.84. The van der Waals surface area contributed by atoms with Crippen molar-refractivity contribution in [2.75, 3.05) is 6.61 Å². The van der Waals surface area contributed by atoms with E-state index < -0.39 is 0 Å². The number of rotatable bonds is 2. The first kappa shape index (κ1) is 12.7. The van der Waals surface area contributed by atoms with Gasteiger partial charge >= 0.3 is 0 Å². The monoisotopic (exact) mass is 245 g/mol. The molecule has 3 nitrogen and oxygen atoms in total. The first-order chi connectivity index (χ1) is 8.47. The molecule has 18 heavy (non-hydrogen) atoms. The highest BCUT2D eigenvalue weighted by Crippen LogP contribution is 2.23. The Bertz CT molecular complexity index is 457. The molecule has 1 aromatic rings. The maximum absolute atomic E-state index is 11.9. The Balaban J connectivity index is 2.05. The summed E-state index contributed by atoms with van der Waals surface area (Å²) in [5.74, 6) is 0.641. The molecule has 0 unspecified atom stereocenters. The summed E-state index contributed by atoms with van der Waals surface area (Å²) >= 11 is 0. The van der Waals surface area contributed by atoms with Crippen LogP contribution in [0.2, 0.25) is 0 Å². The Morgan fingerprint density at radius 1 is 1.33 bits per heavy atom. The van der Waals surface area contributed by atoms with Gasteiger partial charge in [0, 0.05) is 11.5 Å². The molecule has 96 valence electrons. The van der Waals surface area contributed by atoms with Crippen molar-refractivity contribution in [1.82, 2.24) is 5.32 Å². The topological polar surface area (TPSA) is 38.3 Å². The van der Waals surface area contributed by atoms with Gasteiger partial charge in [-0.1, -0.05) is 51.1 Å². The van der Waals surface area contributed by atoms with Gasteiger partial charge in [-0.15, -0.1) is 0 Å². The van der Waals surface area contributed by atoms with Gasteiger partial charge in [-0.05, 0) is 5.56 Å². The second-order valence-electron chi connectivity index (χ2n) is 5.54. The second-order valence-corrected chi connectivity index (χ2v) is 5.54. The molecule has 3 heteroatoms. The van der Waals surface area contributed by atoms with E-state index in [9.17, 15) is 4.79 Å². The van der Waals surface area contributed by atoms with E-state index in [-0.39, 0.29) is 17.2 Å². The third kappa shape index (κ3) is 2.92. The van der Waals surface area contributed by atoms with E-state index in [2.05, 4.69) is 17.4 Å². The van der Waals surface area contributed by atoms with Gasteiger partial charge in [-0.25, -0.2) is 0 Å². The van der Waals surface area contributed by atoms with Crippen LogP contribution in [-0.2, 0) is 9.53 Å². The quantitative estimate of drug-likeness (QED) is 0.814. The zero-order chi connectivity index (χ0) is 13.2. The van der Waals surface area contributed by atoms with Crippen molar-refractivity contribution in [1.29, 1.82) is 0 Å². The Hall–Kier alpha value is -1.77. The fourth-order valence-corrected chi connectivity index (χ4v) is 1.71. The number of benzene rings is 1. The van der Waals surface area contributed by atoms with E-state index in [4.69, 9.17) is 4.74 Å². The molecule has 2 rings (SSSR count). The van der Waals surface area contributed by atoms with E-state index >= 15 is 0 Å². The van der Waals surface area contributed by atoms with Crippen molar-refractivity contribution in [3.05, 3.63) is 47.9 Å². The molecule has 0 saturated carbocycles. The molecule has 1 atom stereocenters. The van der Waals surface area contributed by atoms with Gasteiger partial charge in [0.2, 0.25) is 0 Å². The summed E-state index contributed by atoms with van der Waals surface area (Å²) in [6.07, 6.45) is 1.56. The number of ether oxygens (including phenoxy) is 1. The van der Waals surface area contributed by atoms with E-state index in [0.29, 0.717) is 12.5 Å². The lowest BCUT2D eigenvalue weighted by Gasteiger charge is -2.13. The third-order valence-electron chi connectivity index (χ3n) is 2.93. The smallest absolute Gasteiger partial charge is 0.190 e. The number of nitrogens with one attached hydrogen (secondary N) is 1. The van der Waals surface area contributed by atoms with Crippen LogP contribution in [0, 0.1) is 5.41 Å². The Morgan fingerprint density at radius 3 is 2.61 bits per heavy atom. The predicted molar refractivity (Wildman–Crippen MR) is 70.8 cm³/mol. The number of carbonyl (C=O) groups is 1. The van der Waals surface area contributed by atoms with Crippen molar-refractivity contribution in [3.63, 3.8) is 0 Å². The SMILES string of the molecule is CC(C)(C)C(=O)/C=C1\N[C@@H](c2ccccc2)CO1. The molecular weight excluding hydrogens is 226 g/mol. The number of ketones is 1. The molecule has 0 bridgehead atoms. The molecule has 0 aliphatic carbocycles. The average Bonchev–Trinajstić information content (AvgIpc) is 2.77. The average molecular weight is 245 g/mol. The molecule has 1 aromatic carbocycles. The lowest BCUT2D eigenvalue weighted by atomic mass is 9.91. The molecule has 1 N–H and O–H groups in total. The predicted octanol–water partition coefficient (Wildman–Crippen LogP) is 2.80. The molecule has 0 radical (unpaired) electrons. The maximum Gasteiger partial charge on any atom is 0.190 e. The summed E-state index contributed by atoms with van der Waals surface area (Å²) in [5, 5.41) is 3.23. The fraction of sp³-hybridized carbons (Fsp3) is 0.400. The summed E-state index contributed by atoms with van der Waals surface area (Å²) in [4.78, 5) is 11.9. The van der Waals surface area contributed by atoms with Gasteiger partial charge in [0.25, 0.3) is 0 Å². The highest BCUT2D eigenvalue weighted by atomic mass is 16.5. The highest BCUT2D eigenvalue weighted by Gasteiger charge is 2.25. The van der Waals surface area contributed by atoms with Crippen molar-refractivity contribution in [2.45, 2.75) is 26.8 Å². The summed E-state index contributed by atoms with van der Waals surface area (Å²) < 4.78 is 5.51. The minimum Gasteiger partial charge on any atom is -0.477 e. The van der Waals surface area contributed by atoms with Crippen molar-refractivity contribution in [3.8, 4) is 0 Å². The summed E-state index contributed by atoms with van der Waals surface area (Å²) in [7, 11) is 0. The zero-order valence-electron chi connectivity index (χ0n) is 11.1. The van der Waals surface area contributed by atoms with Crippen LogP contribution < -0.4 is 5.32 Å². The molecule has 0 spiro atoms. The Morgan fingerprint density at radius 2 is 2.00 bits per heavy atom. The van der Waals surface area contributed by atoms with Crippen LogP contribution in [0.1, 0.15) is 32.4 Å². The summed E-state index contributed by atoms with van der Waals surface area (Å²) in [6.45, 7) is 6.26. The third-order valence-corrected chi connectivity index (χ3v) is 2.93. The lowest BCUT2D eigenvalue weighted by Crippen LogP contribution is -2.20. The van der Waals surface area contributed by atoms with Gasteiger partial charge in [0.1, 0.15) is 6.61 Å². The highest BCUT2D eigenvalue weighted by molar-refractivity contribution is 5.94. The lowest BCUT2D eigenvalue weighted by molar-refractivity contribution is -0.121. The minimum atomic E-state index is -0.372. The molecule has 1 aliphatic heterocycles. The normalized spacial score (nSPS) is 21.5. The molecule has 0 aromatic heterocycles. The zero-order valence-corrected chi connectivity index (χ0v) is 11.1. The van der Waals surface area contributed by atoms with Crippen LogP contribution in [0.3, 0.4) is 0 Å². The van der Waals surface area contributed by atoms with Crippen molar-refractivity contribution < 1.29 is 9.53 Å². The summed E-state index contributed by atoms with van der Waals surface area (Å²) in [6, 6.07) is 10.2. The fourth-order valence-electron chi connectivity index (χ4n) is 1.71. The van der Waals surface area contributed by atoms with Gasteiger partial charge < -0.3 is 10.1 Å². The van der Waals surface area contributed by atoms with E-state index in [1.165, 1.54) is 5.56 Å². The largest absolute Gasteiger partial charge is 0.477 e. The van der Waals surface area contributed by atoms with Crippen LogP contribution in [0.25, 0.3) is 0 Å². The van der Waals surface area contributed by atoms with E-state index in [1.54, 1.807) is 6.08 Å². The minimum absolute atomic E-state index is 0.0683. The molecular formula is C15H19NO2. The Kier molecular flexibility index (Phi) is 3.41. The van der Waals surface area contributed by atoms with E-state index in [1.807, 2.05) is 39.0 Å². The Labute approximate surface area is 108 Å². The van der Waals surface area contributed by atoms with Gasteiger partial charge in [0.05, 0.1) is 6.04 Å². The molecule has 0 amide bonds. The van der Waals surface area contributed by atoms with Crippen LogP contribution in [0.5, 0.6) is 0 Å². The molecule has 1 aliphatic rings. The maximum atomic E-state index is 11.9. The molecule has 1 saturated heterocycles. The summed E-state index contributed by atoms with van der Waals surface area (Å²) in [5.41, 5.74) is 0.798. The van der Waals surface area contributed by atoms with Gasteiger partial charge in [-0.3, -0.25) is 4.79 Å². The number of hydrogen-bond acceptors (Lipinski definition) is 3. The van der Waals surface area contributed by atoms with Crippen LogP contribution in [0.15, 0.2) is 42.3 Å². The van der Waals surface area contributed by atoms with Crippen LogP contribution in [0.4, 0.5) is 0 Å². The van der Waals surface area contributed by atoms with Crippen molar-refractivity contribution >= 4 is 5.78 Å². The van der Waals surface area contributed by atoms with Gasteiger partial charge in [-0.2, -0.15) is 0 Å². The molecule has 1 fully saturated rings. The van der Waals surface area contributed by atoms with Crippen LogP contribution >= 0.6 is 0 Å².